The maximum absolute atomic E-state index is 13.7. The monoisotopic (exact) mass is 494 g/mol. The molecule has 0 bridgehead atoms. The molecule has 0 unspecified atom stereocenters. The summed E-state index contributed by atoms with van der Waals surface area (Å²) in [5, 5.41) is 12.4. The molecule has 1 aliphatic carbocycles. The van der Waals surface area contributed by atoms with Gasteiger partial charge < -0.3 is 10.4 Å². The van der Waals surface area contributed by atoms with E-state index in [2.05, 4.69) is 33.4 Å². The van der Waals surface area contributed by atoms with Crippen LogP contribution in [0.5, 0.6) is 0 Å². The van der Waals surface area contributed by atoms with E-state index in [9.17, 15) is 18.7 Å². The lowest BCUT2D eigenvalue weighted by molar-refractivity contribution is -0.0566. The highest BCUT2D eigenvalue weighted by molar-refractivity contribution is 14.1. The van der Waals surface area contributed by atoms with Crippen molar-refractivity contribution in [2.45, 2.75) is 18.4 Å². The van der Waals surface area contributed by atoms with Gasteiger partial charge in [0.15, 0.2) is 11.6 Å². The van der Waals surface area contributed by atoms with E-state index >= 15 is 0 Å². The van der Waals surface area contributed by atoms with E-state index in [1.807, 2.05) is 0 Å². The summed E-state index contributed by atoms with van der Waals surface area (Å²) in [6.45, 7) is -0.242. The molecule has 0 radical (unpaired) electrons. The minimum Gasteiger partial charge on any atom is -0.393 e. The van der Waals surface area contributed by atoms with Gasteiger partial charge in [0, 0.05) is 9.64 Å². The van der Waals surface area contributed by atoms with Gasteiger partial charge in [-0.1, -0.05) is 11.6 Å². The summed E-state index contributed by atoms with van der Waals surface area (Å²) in [6.07, 6.45) is 1.20. The lowest BCUT2D eigenvalue weighted by Crippen LogP contribution is -2.33. The number of carbonyl (C=O) groups is 1. The summed E-state index contributed by atoms with van der Waals surface area (Å²) >= 11 is 8.23. The van der Waals surface area contributed by atoms with E-state index < -0.39 is 23.1 Å². The average Bonchev–Trinajstić information content (AvgIpc) is 3.39. The Morgan fingerprint density at radius 3 is 2.54 bits per heavy atom. The molecule has 2 aromatic carbocycles. The van der Waals surface area contributed by atoms with Crippen LogP contribution in [0.4, 0.5) is 20.2 Å². The predicted molar refractivity (Wildman–Crippen MR) is 101 cm³/mol. The number of halogens is 4. The van der Waals surface area contributed by atoms with E-state index in [1.54, 1.807) is 18.2 Å². The Hall–Kier alpha value is -1.49. The minimum atomic E-state index is -1.17. The van der Waals surface area contributed by atoms with Gasteiger partial charge in [0.1, 0.15) is 5.60 Å². The molecule has 5 nitrogen and oxygen atoms in total. The van der Waals surface area contributed by atoms with Crippen molar-refractivity contribution in [2.24, 2.45) is 0 Å². The highest BCUT2D eigenvalue weighted by atomic mass is 127. The number of aliphatic hydroxyl groups is 1. The number of hydroxylamine groups is 1. The third kappa shape index (κ3) is 4.25. The summed E-state index contributed by atoms with van der Waals surface area (Å²) in [4.78, 5) is 17.6. The van der Waals surface area contributed by atoms with Crippen LogP contribution in [-0.4, -0.2) is 23.2 Å². The van der Waals surface area contributed by atoms with E-state index in [0.29, 0.717) is 23.6 Å². The van der Waals surface area contributed by atoms with Gasteiger partial charge in [0.05, 0.1) is 28.6 Å². The van der Waals surface area contributed by atoms with Gasteiger partial charge in [-0.15, -0.1) is 0 Å². The first kappa shape index (κ1) is 19.3. The zero-order valence-corrected chi connectivity index (χ0v) is 16.2. The molecule has 138 valence electrons. The molecule has 3 N–H and O–H groups in total. The molecule has 0 saturated heterocycles. The first-order valence-corrected chi connectivity index (χ1v) is 9.09. The third-order valence-corrected chi connectivity index (χ3v) is 4.95. The number of carbonyl (C=O) groups excluding carboxylic acids is 1. The molecule has 1 fully saturated rings. The van der Waals surface area contributed by atoms with Crippen molar-refractivity contribution in [2.75, 3.05) is 11.9 Å². The second-order valence-corrected chi connectivity index (χ2v) is 7.59. The van der Waals surface area contributed by atoms with Gasteiger partial charge in [-0.3, -0.25) is 9.63 Å². The normalized spacial score (nSPS) is 14.8. The molecule has 2 aromatic rings. The maximum Gasteiger partial charge on any atom is 0.277 e. The Bertz CT molecular complexity index is 862. The van der Waals surface area contributed by atoms with Crippen LogP contribution < -0.4 is 10.8 Å². The van der Waals surface area contributed by atoms with Crippen molar-refractivity contribution < 1.29 is 23.5 Å². The third-order valence-electron chi connectivity index (χ3n) is 3.96. The molecular formula is C17H14ClF2IN2O3. The van der Waals surface area contributed by atoms with Gasteiger partial charge in [0.25, 0.3) is 5.91 Å². The van der Waals surface area contributed by atoms with E-state index in [1.165, 1.54) is 0 Å². The van der Waals surface area contributed by atoms with Crippen molar-refractivity contribution in [3.63, 3.8) is 0 Å². The van der Waals surface area contributed by atoms with E-state index in [4.69, 9.17) is 16.4 Å². The fraction of sp³-hybridized carbons (Fsp3) is 0.235. The smallest absolute Gasteiger partial charge is 0.277 e. The van der Waals surface area contributed by atoms with Crippen LogP contribution >= 0.6 is 34.2 Å². The highest BCUT2D eigenvalue weighted by Gasteiger charge is 2.45. The molecule has 0 aliphatic heterocycles. The molecule has 1 aliphatic rings. The standard InChI is InChI=1S/C17H14ClF2IN2O3/c18-11-5-9(21)1-2-14(11)22-15-7-13(20)12(19)6-10(15)16(25)23-26-17(8-24)3-4-17/h1-2,5-7,22,24H,3-4,8H2,(H,23,25). The summed E-state index contributed by atoms with van der Waals surface area (Å²) in [5.41, 5.74) is 1.70. The summed E-state index contributed by atoms with van der Waals surface area (Å²) in [7, 11) is 0. The van der Waals surface area contributed by atoms with Gasteiger partial charge in [-0.25, -0.2) is 14.3 Å². The lowest BCUT2D eigenvalue weighted by Gasteiger charge is -2.16. The molecule has 9 heteroatoms. The van der Waals surface area contributed by atoms with E-state index in [0.717, 1.165) is 15.7 Å². The van der Waals surface area contributed by atoms with Crippen LogP contribution in [0.2, 0.25) is 5.02 Å². The van der Waals surface area contributed by atoms with Gasteiger partial charge >= 0.3 is 0 Å². The molecule has 26 heavy (non-hydrogen) atoms. The molecular weight excluding hydrogens is 481 g/mol. The second-order valence-electron chi connectivity index (χ2n) is 5.94. The summed E-state index contributed by atoms with van der Waals surface area (Å²) in [6, 6.07) is 6.77. The Morgan fingerprint density at radius 2 is 1.92 bits per heavy atom. The Kier molecular flexibility index (Phi) is 5.66. The molecule has 0 aromatic heterocycles. The Labute approximate surface area is 166 Å². The van der Waals surface area contributed by atoms with Crippen molar-refractivity contribution in [1.29, 1.82) is 0 Å². The number of hydrogen-bond donors (Lipinski definition) is 3. The average molecular weight is 495 g/mol. The molecule has 0 spiro atoms. The molecule has 0 atom stereocenters. The fourth-order valence-corrected chi connectivity index (χ4v) is 3.12. The van der Waals surface area contributed by atoms with Crippen LogP contribution in [0.25, 0.3) is 0 Å². The maximum atomic E-state index is 13.7. The number of anilines is 2. The molecule has 1 saturated carbocycles. The first-order valence-electron chi connectivity index (χ1n) is 7.64. The van der Waals surface area contributed by atoms with Crippen LogP contribution in [0, 0.1) is 15.2 Å². The zero-order valence-electron chi connectivity index (χ0n) is 13.3. The molecule has 1 amide bonds. The van der Waals surface area contributed by atoms with Gasteiger partial charge in [-0.2, -0.15) is 0 Å². The number of amides is 1. The topological polar surface area (TPSA) is 70.6 Å². The van der Waals surface area contributed by atoms with Gasteiger partial charge in [0.2, 0.25) is 0 Å². The minimum absolute atomic E-state index is 0.0296. The second kappa shape index (κ2) is 7.63. The number of hydrogen-bond acceptors (Lipinski definition) is 4. The quantitative estimate of drug-likeness (QED) is 0.417. The van der Waals surface area contributed by atoms with Crippen LogP contribution in [0.15, 0.2) is 30.3 Å². The number of aliphatic hydroxyl groups excluding tert-OH is 1. The van der Waals surface area contributed by atoms with Crippen LogP contribution in [0.3, 0.4) is 0 Å². The SMILES string of the molecule is O=C(NOC1(CO)CC1)c1cc(F)c(F)cc1Nc1ccc(I)cc1Cl. The number of benzene rings is 2. The van der Waals surface area contributed by atoms with Gasteiger partial charge in [-0.05, 0) is 59.7 Å². The number of rotatable bonds is 6. The van der Waals surface area contributed by atoms with Crippen molar-refractivity contribution >= 4 is 51.5 Å². The Balaban J connectivity index is 1.86. The van der Waals surface area contributed by atoms with Crippen LogP contribution in [-0.2, 0) is 4.84 Å². The Morgan fingerprint density at radius 1 is 1.23 bits per heavy atom. The fourth-order valence-electron chi connectivity index (χ4n) is 2.22. The number of nitrogens with one attached hydrogen (secondary N) is 2. The van der Waals surface area contributed by atoms with Crippen LogP contribution in [0.1, 0.15) is 23.2 Å². The largest absolute Gasteiger partial charge is 0.393 e. The zero-order chi connectivity index (χ0) is 18.9. The van der Waals surface area contributed by atoms with E-state index in [-0.39, 0.29) is 17.9 Å². The summed E-state index contributed by atoms with van der Waals surface area (Å²) < 4.78 is 28.2. The van der Waals surface area contributed by atoms with Crippen molar-refractivity contribution in [3.05, 3.63) is 56.1 Å². The highest BCUT2D eigenvalue weighted by Crippen LogP contribution is 2.38. The molecule has 0 heterocycles. The summed E-state index contributed by atoms with van der Waals surface area (Å²) in [5.74, 6) is -3.05. The first-order chi connectivity index (χ1) is 12.3. The van der Waals surface area contributed by atoms with Crippen molar-refractivity contribution in [3.8, 4) is 0 Å². The van der Waals surface area contributed by atoms with Crippen molar-refractivity contribution in [1.82, 2.24) is 5.48 Å². The predicted octanol–water partition coefficient (Wildman–Crippen LogP) is 4.15. The lowest BCUT2D eigenvalue weighted by atomic mass is 10.1. The molecule has 3 rings (SSSR count).